The van der Waals surface area contributed by atoms with Gasteiger partial charge >= 0.3 is 0 Å². The maximum Gasteiger partial charge on any atom is 0.293 e. The fraction of sp³-hybridized carbons (Fsp3) is 0.462. The first-order valence-electron chi connectivity index (χ1n) is 6.39. The number of amides is 1. The van der Waals surface area contributed by atoms with E-state index in [9.17, 15) is 14.9 Å². The van der Waals surface area contributed by atoms with E-state index in [0.29, 0.717) is 12.1 Å². The lowest BCUT2D eigenvalue weighted by Gasteiger charge is -2.32. The Morgan fingerprint density at radius 2 is 2.05 bits per heavy atom. The number of rotatable bonds is 6. The molecule has 1 aromatic carbocycles. The monoisotopic (exact) mass is 295 g/mol. The second-order valence-electron chi connectivity index (χ2n) is 5.52. The number of anilines is 1. The van der Waals surface area contributed by atoms with E-state index in [1.165, 1.54) is 18.2 Å². The normalized spacial score (nSPS) is 11.3. The van der Waals surface area contributed by atoms with Gasteiger partial charge in [-0.2, -0.15) is 0 Å². The Labute approximate surface area is 123 Å². The van der Waals surface area contributed by atoms with Crippen molar-refractivity contribution < 1.29 is 9.72 Å². The van der Waals surface area contributed by atoms with Crippen LogP contribution in [0.4, 0.5) is 11.4 Å². The first-order chi connectivity index (χ1) is 9.69. The van der Waals surface area contributed by atoms with Crippen LogP contribution in [0.3, 0.4) is 0 Å². The molecule has 1 rings (SSSR count). The predicted octanol–water partition coefficient (Wildman–Crippen LogP) is 0.950. The van der Waals surface area contributed by atoms with Crippen LogP contribution < -0.4 is 16.6 Å². The second-order valence-corrected chi connectivity index (χ2v) is 5.52. The average Bonchev–Trinajstić information content (AvgIpc) is 2.43. The summed E-state index contributed by atoms with van der Waals surface area (Å²) < 4.78 is 0. The van der Waals surface area contributed by atoms with Crippen molar-refractivity contribution in [1.82, 2.24) is 10.2 Å². The number of nitrogens with two attached hydrogens (primary N) is 1. The van der Waals surface area contributed by atoms with Crippen LogP contribution in [0.2, 0.25) is 0 Å². The molecule has 0 radical (unpaired) electrons. The quantitative estimate of drug-likeness (QED) is 0.409. The van der Waals surface area contributed by atoms with E-state index < -0.39 is 4.92 Å². The number of nitrogens with zero attached hydrogens (tertiary/aromatic N) is 2. The molecule has 0 saturated carbocycles. The van der Waals surface area contributed by atoms with Gasteiger partial charge in [-0.3, -0.25) is 20.8 Å². The van der Waals surface area contributed by atoms with Crippen LogP contribution in [0.25, 0.3) is 0 Å². The fourth-order valence-corrected chi connectivity index (χ4v) is 1.51. The summed E-state index contributed by atoms with van der Waals surface area (Å²) in [6.07, 6.45) is 0. The van der Waals surface area contributed by atoms with Crippen LogP contribution in [0.15, 0.2) is 18.2 Å². The van der Waals surface area contributed by atoms with Gasteiger partial charge in [-0.15, -0.1) is 0 Å². The molecule has 0 aliphatic rings. The highest BCUT2D eigenvalue weighted by atomic mass is 16.6. The van der Waals surface area contributed by atoms with Gasteiger partial charge in [0, 0.05) is 23.7 Å². The predicted molar refractivity (Wildman–Crippen MR) is 81.0 cm³/mol. The lowest BCUT2D eigenvalue weighted by Crippen LogP contribution is -2.48. The molecule has 8 nitrogen and oxygen atoms in total. The van der Waals surface area contributed by atoms with E-state index in [4.69, 9.17) is 5.84 Å². The molecule has 0 aliphatic carbocycles. The third-order valence-corrected chi connectivity index (χ3v) is 3.50. The molecule has 0 heterocycles. The van der Waals surface area contributed by atoms with Gasteiger partial charge in [0.2, 0.25) is 0 Å². The molecule has 0 fully saturated rings. The summed E-state index contributed by atoms with van der Waals surface area (Å²) in [7, 11) is 3.85. The van der Waals surface area contributed by atoms with Gasteiger partial charge in [-0.25, -0.2) is 0 Å². The summed E-state index contributed by atoms with van der Waals surface area (Å²) in [6.45, 7) is 4.44. The van der Waals surface area contributed by atoms with E-state index in [1.54, 1.807) is 0 Å². The Hall–Kier alpha value is -2.19. The molecular weight excluding hydrogens is 274 g/mol. The number of likely N-dealkylation sites (N-methyl/N-ethyl adjacent to an activating group) is 1. The van der Waals surface area contributed by atoms with Crippen molar-refractivity contribution in [3.05, 3.63) is 33.9 Å². The molecule has 0 saturated heterocycles. The Morgan fingerprint density at radius 1 is 1.43 bits per heavy atom. The van der Waals surface area contributed by atoms with E-state index in [1.807, 2.05) is 32.8 Å². The summed E-state index contributed by atoms with van der Waals surface area (Å²) in [5.41, 5.74) is 2.26. The van der Waals surface area contributed by atoms with Crippen molar-refractivity contribution in [1.29, 1.82) is 0 Å². The van der Waals surface area contributed by atoms with Crippen LogP contribution in [0.5, 0.6) is 0 Å². The molecule has 0 bridgehead atoms. The minimum absolute atomic E-state index is 0.0968. The van der Waals surface area contributed by atoms with E-state index in [-0.39, 0.29) is 22.8 Å². The number of nitro groups is 1. The smallest absolute Gasteiger partial charge is 0.293 e. The Bertz CT molecular complexity index is 543. The SMILES string of the molecule is CN(C)C(C)(C)CNC(=O)c1ccc([N+](=O)[O-])c(NN)c1. The first-order valence-corrected chi connectivity index (χ1v) is 6.39. The van der Waals surface area contributed by atoms with Gasteiger partial charge in [0.15, 0.2) is 0 Å². The average molecular weight is 295 g/mol. The van der Waals surface area contributed by atoms with Crippen LogP contribution >= 0.6 is 0 Å². The first kappa shape index (κ1) is 16.9. The summed E-state index contributed by atoms with van der Waals surface area (Å²) in [6, 6.07) is 4.01. The summed E-state index contributed by atoms with van der Waals surface area (Å²) in [4.78, 5) is 24.3. The zero-order valence-corrected chi connectivity index (χ0v) is 12.6. The van der Waals surface area contributed by atoms with Crippen LogP contribution in [-0.2, 0) is 0 Å². The highest BCUT2D eigenvalue weighted by Crippen LogP contribution is 2.24. The number of nitrogens with one attached hydrogen (secondary N) is 2. The van der Waals surface area contributed by atoms with Gasteiger partial charge in [-0.05, 0) is 40.1 Å². The molecule has 1 aromatic rings. The van der Waals surface area contributed by atoms with Crippen molar-refractivity contribution in [2.75, 3.05) is 26.1 Å². The lowest BCUT2D eigenvalue weighted by molar-refractivity contribution is -0.384. The van der Waals surface area contributed by atoms with Crippen LogP contribution in [-0.4, -0.2) is 41.9 Å². The molecule has 0 atom stereocenters. The molecular formula is C13H21N5O3. The third kappa shape index (κ3) is 4.14. The van der Waals surface area contributed by atoms with E-state index >= 15 is 0 Å². The fourth-order valence-electron chi connectivity index (χ4n) is 1.51. The topological polar surface area (TPSA) is 114 Å². The zero-order valence-electron chi connectivity index (χ0n) is 12.6. The summed E-state index contributed by atoms with van der Waals surface area (Å²) in [5, 5.41) is 13.6. The minimum Gasteiger partial charge on any atom is -0.350 e. The summed E-state index contributed by atoms with van der Waals surface area (Å²) >= 11 is 0. The number of hydrogen-bond acceptors (Lipinski definition) is 6. The largest absolute Gasteiger partial charge is 0.350 e. The number of nitro benzene ring substituents is 1. The zero-order chi connectivity index (χ0) is 16.2. The molecule has 21 heavy (non-hydrogen) atoms. The van der Waals surface area contributed by atoms with Crippen molar-refractivity contribution >= 4 is 17.3 Å². The molecule has 0 spiro atoms. The summed E-state index contributed by atoms with van der Waals surface area (Å²) in [5.74, 6) is 4.94. The number of hydrogen-bond donors (Lipinski definition) is 3. The molecule has 8 heteroatoms. The van der Waals surface area contributed by atoms with Crippen molar-refractivity contribution in [2.45, 2.75) is 19.4 Å². The van der Waals surface area contributed by atoms with E-state index in [0.717, 1.165) is 0 Å². The third-order valence-electron chi connectivity index (χ3n) is 3.50. The number of nitrogen functional groups attached to an aromatic ring is 1. The van der Waals surface area contributed by atoms with Crippen molar-refractivity contribution in [3.8, 4) is 0 Å². The molecule has 0 unspecified atom stereocenters. The number of carbonyl (C=O) groups is 1. The number of carbonyl (C=O) groups excluding carboxylic acids is 1. The highest BCUT2D eigenvalue weighted by molar-refractivity contribution is 5.95. The minimum atomic E-state index is -0.563. The number of hydrazine groups is 1. The van der Waals surface area contributed by atoms with Gasteiger partial charge in [0.1, 0.15) is 5.69 Å². The Kier molecular flexibility index (Phi) is 5.23. The van der Waals surface area contributed by atoms with Gasteiger partial charge in [-0.1, -0.05) is 0 Å². The molecule has 0 aromatic heterocycles. The van der Waals surface area contributed by atoms with Crippen LogP contribution in [0, 0.1) is 10.1 Å². The van der Waals surface area contributed by atoms with Crippen LogP contribution in [0.1, 0.15) is 24.2 Å². The van der Waals surface area contributed by atoms with Gasteiger partial charge in [0.05, 0.1) is 4.92 Å². The Balaban J connectivity index is 2.87. The molecule has 1 amide bonds. The van der Waals surface area contributed by atoms with Gasteiger partial charge in [0.25, 0.3) is 11.6 Å². The maximum atomic E-state index is 12.1. The lowest BCUT2D eigenvalue weighted by atomic mass is 10.0. The standard InChI is InChI=1S/C13H21N5O3/c1-13(2,17(3)4)8-15-12(19)9-5-6-11(18(20)21)10(7-9)16-14/h5-7,16H,8,14H2,1-4H3,(H,15,19). The molecule has 4 N–H and O–H groups in total. The maximum absolute atomic E-state index is 12.1. The van der Waals surface area contributed by atoms with Gasteiger partial charge < -0.3 is 15.6 Å². The molecule has 0 aliphatic heterocycles. The second kappa shape index (κ2) is 6.51. The Morgan fingerprint density at radius 3 is 2.52 bits per heavy atom. The van der Waals surface area contributed by atoms with E-state index in [2.05, 4.69) is 10.7 Å². The van der Waals surface area contributed by atoms with Crippen molar-refractivity contribution in [2.24, 2.45) is 5.84 Å². The number of benzene rings is 1. The molecule has 116 valence electrons. The highest BCUT2D eigenvalue weighted by Gasteiger charge is 2.22. The van der Waals surface area contributed by atoms with Crippen molar-refractivity contribution in [3.63, 3.8) is 0 Å².